The highest BCUT2D eigenvalue weighted by Gasteiger charge is 2.30. The lowest BCUT2D eigenvalue weighted by Crippen LogP contribution is -2.34. The van der Waals surface area contributed by atoms with Crippen LogP contribution in [0.3, 0.4) is 0 Å². The molecule has 0 spiro atoms. The van der Waals surface area contributed by atoms with Gasteiger partial charge in [0.25, 0.3) is 0 Å². The Bertz CT molecular complexity index is 850. The zero-order chi connectivity index (χ0) is 18.0. The van der Waals surface area contributed by atoms with Crippen molar-refractivity contribution in [3.8, 4) is 0 Å². The first-order valence-electron chi connectivity index (χ1n) is 8.40. The predicted molar refractivity (Wildman–Crippen MR) is 92.9 cm³/mol. The summed E-state index contributed by atoms with van der Waals surface area (Å²) in [4.78, 5) is 0.147. The van der Waals surface area contributed by atoms with Crippen LogP contribution in [-0.2, 0) is 10.0 Å². The second-order valence-corrected chi connectivity index (χ2v) is 8.42. The molecule has 6 heteroatoms. The normalized spacial score (nSPS) is 19.6. The molecule has 2 aromatic rings. The number of hydrogen-bond acceptors (Lipinski definition) is 2. The third kappa shape index (κ3) is 3.90. The number of benzene rings is 2. The Kier molecular flexibility index (Phi) is 5.20. The number of rotatable bonds is 3. The molecule has 1 heterocycles. The molecule has 0 bridgehead atoms. The van der Waals surface area contributed by atoms with Gasteiger partial charge in [0.2, 0.25) is 10.0 Å². The van der Waals surface area contributed by atoms with Crippen molar-refractivity contribution < 1.29 is 17.2 Å². The summed E-state index contributed by atoms with van der Waals surface area (Å²) in [5.74, 6) is -0.723. The van der Waals surface area contributed by atoms with Gasteiger partial charge in [0, 0.05) is 13.1 Å². The molecule has 1 aliphatic heterocycles. The van der Waals surface area contributed by atoms with Crippen molar-refractivity contribution in [3.05, 3.63) is 65.2 Å². The van der Waals surface area contributed by atoms with E-state index in [0.717, 1.165) is 24.8 Å². The maximum Gasteiger partial charge on any atom is 0.243 e. The SMILES string of the molecule is Cc1cc(F)ccc1S(=O)(=O)N1CCCCC(c2ccc(F)cc2)C1. The van der Waals surface area contributed by atoms with E-state index < -0.39 is 15.8 Å². The summed E-state index contributed by atoms with van der Waals surface area (Å²) in [7, 11) is -3.69. The molecular weight excluding hydrogens is 344 g/mol. The molecule has 0 saturated carbocycles. The zero-order valence-electron chi connectivity index (χ0n) is 14.1. The van der Waals surface area contributed by atoms with Crippen molar-refractivity contribution in [2.45, 2.75) is 37.0 Å². The Morgan fingerprint density at radius 2 is 1.68 bits per heavy atom. The lowest BCUT2D eigenvalue weighted by Gasteiger charge is -2.25. The van der Waals surface area contributed by atoms with Gasteiger partial charge in [-0.3, -0.25) is 0 Å². The van der Waals surface area contributed by atoms with Crippen LogP contribution in [0.25, 0.3) is 0 Å². The highest BCUT2D eigenvalue weighted by molar-refractivity contribution is 7.89. The number of halogens is 2. The van der Waals surface area contributed by atoms with Gasteiger partial charge in [0.15, 0.2) is 0 Å². The van der Waals surface area contributed by atoms with E-state index in [1.54, 1.807) is 19.1 Å². The molecule has 3 rings (SSSR count). The van der Waals surface area contributed by atoms with E-state index in [1.165, 1.54) is 34.6 Å². The molecule has 1 unspecified atom stereocenters. The molecule has 0 aromatic heterocycles. The molecule has 1 aliphatic rings. The minimum Gasteiger partial charge on any atom is -0.207 e. The molecule has 1 saturated heterocycles. The summed E-state index contributed by atoms with van der Waals surface area (Å²) in [5.41, 5.74) is 1.35. The second kappa shape index (κ2) is 7.22. The van der Waals surface area contributed by atoms with Crippen molar-refractivity contribution in [2.24, 2.45) is 0 Å². The summed E-state index contributed by atoms with van der Waals surface area (Å²) in [6.45, 7) is 2.40. The van der Waals surface area contributed by atoms with Gasteiger partial charge < -0.3 is 0 Å². The van der Waals surface area contributed by atoms with Gasteiger partial charge in [-0.25, -0.2) is 17.2 Å². The van der Waals surface area contributed by atoms with Crippen LogP contribution in [0, 0.1) is 18.6 Å². The van der Waals surface area contributed by atoms with Crippen LogP contribution in [-0.4, -0.2) is 25.8 Å². The van der Waals surface area contributed by atoms with Gasteiger partial charge in [-0.1, -0.05) is 18.6 Å². The standard InChI is InChI=1S/C19H21F2NO2S/c1-14-12-18(21)9-10-19(14)25(23,24)22-11-3-2-4-16(13-22)15-5-7-17(20)8-6-15/h5-10,12,16H,2-4,11,13H2,1H3. The van der Waals surface area contributed by atoms with E-state index in [4.69, 9.17) is 0 Å². The van der Waals surface area contributed by atoms with Crippen molar-refractivity contribution in [2.75, 3.05) is 13.1 Å². The van der Waals surface area contributed by atoms with Crippen LogP contribution in [0.2, 0.25) is 0 Å². The quantitative estimate of drug-likeness (QED) is 0.816. The largest absolute Gasteiger partial charge is 0.243 e. The molecule has 0 N–H and O–H groups in total. The van der Waals surface area contributed by atoms with E-state index in [-0.39, 0.29) is 16.6 Å². The molecule has 0 aliphatic carbocycles. The second-order valence-electron chi connectivity index (χ2n) is 6.52. The van der Waals surface area contributed by atoms with Crippen molar-refractivity contribution in [1.29, 1.82) is 0 Å². The third-order valence-corrected chi connectivity index (χ3v) is 6.76. The number of nitrogens with zero attached hydrogens (tertiary/aromatic N) is 1. The van der Waals surface area contributed by atoms with E-state index >= 15 is 0 Å². The summed E-state index contributed by atoms with van der Waals surface area (Å²) >= 11 is 0. The summed E-state index contributed by atoms with van der Waals surface area (Å²) in [6, 6.07) is 10.0. The Hall–Kier alpha value is -1.79. The molecule has 25 heavy (non-hydrogen) atoms. The minimum atomic E-state index is -3.69. The van der Waals surface area contributed by atoms with Gasteiger partial charge in [-0.2, -0.15) is 4.31 Å². The average molecular weight is 365 g/mol. The first-order valence-corrected chi connectivity index (χ1v) is 9.84. The lowest BCUT2D eigenvalue weighted by molar-refractivity contribution is 0.406. The predicted octanol–water partition coefficient (Wildman–Crippen LogP) is 4.23. The fourth-order valence-electron chi connectivity index (χ4n) is 3.37. The molecule has 3 nitrogen and oxygen atoms in total. The van der Waals surface area contributed by atoms with E-state index in [2.05, 4.69) is 0 Å². The number of aryl methyl sites for hydroxylation is 1. The lowest BCUT2D eigenvalue weighted by atomic mass is 9.95. The van der Waals surface area contributed by atoms with Crippen LogP contribution >= 0.6 is 0 Å². The van der Waals surface area contributed by atoms with E-state index in [9.17, 15) is 17.2 Å². The van der Waals surface area contributed by atoms with E-state index in [1.807, 2.05) is 0 Å². The van der Waals surface area contributed by atoms with Gasteiger partial charge in [0.05, 0.1) is 4.90 Å². The fourth-order valence-corrected chi connectivity index (χ4v) is 5.10. The van der Waals surface area contributed by atoms with Crippen molar-refractivity contribution in [1.82, 2.24) is 4.31 Å². The van der Waals surface area contributed by atoms with Crippen LogP contribution in [0.1, 0.15) is 36.3 Å². The molecular formula is C19H21F2NO2S. The van der Waals surface area contributed by atoms with Crippen molar-refractivity contribution >= 4 is 10.0 Å². The summed E-state index contributed by atoms with van der Waals surface area (Å²) in [6.07, 6.45) is 2.55. The Labute approximate surface area is 147 Å². The monoisotopic (exact) mass is 365 g/mol. The third-order valence-electron chi connectivity index (χ3n) is 4.73. The Balaban J connectivity index is 1.90. The Morgan fingerprint density at radius 1 is 1.00 bits per heavy atom. The zero-order valence-corrected chi connectivity index (χ0v) is 14.9. The van der Waals surface area contributed by atoms with Gasteiger partial charge in [-0.05, 0) is 67.1 Å². The van der Waals surface area contributed by atoms with Gasteiger partial charge >= 0.3 is 0 Å². The highest BCUT2D eigenvalue weighted by atomic mass is 32.2. The molecule has 134 valence electrons. The number of hydrogen-bond donors (Lipinski definition) is 0. The first-order chi connectivity index (χ1) is 11.9. The van der Waals surface area contributed by atoms with Crippen LogP contribution < -0.4 is 0 Å². The molecule has 1 atom stereocenters. The molecule has 0 amide bonds. The summed E-state index contributed by atoms with van der Waals surface area (Å²) in [5, 5.41) is 0. The first kappa shape index (κ1) is 18.0. The smallest absolute Gasteiger partial charge is 0.207 e. The van der Waals surface area contributed by atoms with Gasteiger partial charge in [-0.15, -0.1) is 0 Å². The highest BCUT2D eigenvalue weighted by Crippen LogP contribution is 2.30. The Morgan fingerprint density at radius 3 is 2.36 bits per heavy atom. The van der Waals surface area contributed by atoms with Gasteiger partial charge in [0.1, 0.15) is 11.6 Å². The molecule has 2 aromatic carbocycles. The average Bonchev–Trinajstić information content (AvgIpc) is 2.82. The maximum absolute atomic E-state index is 13.3. The minimum absolute atomic E-state index is 0.0265. The molecule has 0 radical (unpaired) electrons. The maximum atomic E-state index is 13.3. The van der Waals surface area contributed by atoms with Crippen LogP contribution in [0.4, 0.5) is 8.78 Å². The number of sulfonamides is 1. The van der Waals surface area contributed by atoms with Crippen LogP contribution in [0.15, 0.2) is 47.4 Å². The van der Waals surface area contributed by atoms with Crippen molar-refractivity contribution in [3.63, 3.8) is 0 Å². The van der Waals surface area contributed by atoms with Crippen LogP contribution in [0.5, 0.6) is 0 Å². The molecule has 1 fully saturated rings. The summed E-state index contributed by atoms with van der Waals surface area (Å²) < 4.78 is 54.1. The topological polar surface area (TPSA) is 37.4 Å². The van der Waals surface area contributed by atoms with E-state index in [0.29, 0.717) is 18.7 Å². The fraction of sp³-hybridized carbons (Fsp3) is 0.368.